The molecule has 0 saturated carbocycles. The van der Waals surface area contributed by atoms with E-state index in [9.17, 15) is 0 Å². The van der Waals surface area contributed by atoms with Gasteiger partial charge in [-0.15, -0.1) is 0 Å². The van der Waals surface area contributed by atoms with Crippen molar-refractivity contribution in [3.63, 3.8) is 0 Å². The Hall–Kier alpha value is -0.158. The zero-order valence-corrected chi connectivity index (χ0v) is 13.9. The van der Waals surface area contributed by atoms with Crippen LogP contribution in [0.25, 0.3) is 17.2 Å². The Labute approximate surface area is 106 Å². The van der Waals surface area contributed by atoms with E-state index >= 15 is 0 Å². The number of allylic oxidation sites excluding steroid dienone is 2. The van der Waals surface area contributed by atoms with Crippen LogP contribution in [0.5, 0.6) is 0 Å². The molecule has 0 N–H and O–H groups in total. The first kappa shape index (κ1) is 11.9. The Morgan fingerprint density at radius 2 is 2.00 bits per heavy atom. The molecule has 70 valence electrons. The van der Waals surface area contributed by atoms with Crippen molar-refractivity contribution < 1.29 is 0 Å². The van der Waals surface area contributed by atoms with Crippen molar-refractivity contribution in [3.8, 4) is 0 Å². The normalized spacial score (nSPS) is 10.6. The summed E-state index contributed by atoms with van der Waals surface area (Å²) in [5.74, 6) is 0. The first-order valence-electron chi connectivity index (χ1n) is 4.40. The van der Waals surface area contributed by atoms with E-state index in [1.165, 1.54) is 15.3 Å². The van der Waals surface area contributed by atoms with Gasteiger partial charge in [-0.1, -0.05) is 0 Å². The summed E-state index contributed by atoms with van der Waals surface area (Å²) in [5, 5.41) is 0. The first-order chi connectivity index (χ1) is 6.56. The van der Waals surface area contributed by atoms with Gasteiger partial charge in [0.05, 0.1) is 0 Å². The summed E-state index contributed by atoms with van der Waals surface area (Å²) in [7, 11) is 0. The van der Waals surface area contributed by atoms with Gasteiger partial charge < -0.3 is 0 Å². The van der Waals surface area contributed by atoms with Crippen molar-refractivity contribution >= 4 is 54.3 Å². The monoisotopic (exact) mass is 394 g/mol. The molecular weight excluding hydrogens is 381 g/mol. The van der Waals surface area contributed by atoms with Gasteiger partial charge in [0, 0.05) is 0 Å². The van der Waals surface area contributed by atoms with Gasteiger partial charge in [0.1, 0.15) is 0 Å². The van der Waals surface area contributed by atoms with Crippen LogP contribution in [-0.2, 0) is 0 Å². The molecule has 2 heteroatoms. The van der Waals surface area contributed by atoms with Crippen LogP contribution in [0.4, 0.5) is 0 Å². The van der Waals surface area contributed by atoms with Crippen molar-refractivity contribution in [3.05, 3.63) is 38.2 Å². The molecule has 0 nitrogen and oxygen atoms in total. The van der Waals surface area contributed by atoms with E-state index in [0.29, 0.717) is 0 Å². The van der Waals surface area contributed by atoms with E-state index in [1.54, 1.807) is 11.3 Å². The fourth-order valence-corrected chi connectivity index (χ4v) is 3.65. The minimum atomic E-state index is 0.920. The van der Waals surface area contributed by atoms with Crippen LogP contribution in [0, 0.1) is 0 Å². The average Bonchev–Trinajstić information content (AvgIpc) is 2.49. The molecular formula is C12H13STl. The van der Waals surface area contributed by atoms with Gasteiger partial charge >= 0.3 is 106 Å². The Kier molecular flexibility index (Phi) is 4.32. The van der Waals surface area contributed by atoms with Crippen LogP contribution in [0.2, 0.25) is 0 Å². The molecule has 0 unspecified atom stereocenters. The number of hydrogen-bond acceptors (Lipinski definition) is 1. The van der Waals surface area contributed by atoms with Crippen molar-refractivity contribution in [2.75, 3.05) is 0 Å². The van der Waals surface area contributed by atoms with Crippen molar-refractivity contribution in [2.45, 2.75) is 13.8 Å². The molecule has 0 aliphatic rings. The second-order valence-corrected chi connectivity index (χ2v) is 5.89. The third-order valence-electron chi connectivity index (χ3n) is 1.86. The van der Waals surface area contributed by atoms with Crippen LogP contribution >= 0.6 is 11.3 Å². The van der Waals surface area contributed by atoms with E-state index in [1.807, 2.05) is 13.8 Å². The second kappa shape index (κ2) is 5.07. The third-order valence-corrected chi connectivity index (χ3v) is 3.87. The number of thiophene rings is 1. The SMILES string of the molecule is C=C(C)c1cc(/C=[CH]/[Tl])sc1C(=C)C. The topological polar surface area (TPSA) is 0 Å². The summed E-state index contributed by atoms with van der Waals surface area (Å²) in [6, 6.07) is 2.20. The molecule has 0 aliphatic carbocycles. The van der Waals surface area contributed by atoms with Crippen LogP contribution < -0.4 is 0 Å². The van der Waals surface area contributed by atoms with Gasteiger partial charge in [-0.25, -0.2) is 0 Å². The third kappa shape index (κ3) is 2.67. The maximum atomic E-state index is 4.00. The van der Waals surface area contributed by atoms with Crippen LogP contribution in [0.3, 0.4) is 0 Å². The molecule has 1 heterocycles. The summed E-state index contributed by atoms with van der Waals surface area (Å²) in [5.41, 5.74) is 3.50. The molecule has 0 radical (unpaired) electrons. The molecule has 0 aromatic carbocycles. The molecule has 0 bridgehead atoms. The molecule has 1 aromatic rings. The van der Waals surface area contributed by atoms with E-state index < -0.39 is 0 Å². The molecule has 0 aliphatic heterocycles. The average molecular weight is 394 g/mol. The van der Waals surface area contributed by atoms with Crippen LogP contribution in [0.15, 0.2) is 22.9 Å². The van der Waals surface area contributed by atoms with Crippen molar-refractivity contribution in [2.24, 2.45) is 0 Å². The van der Waals surface area contributed by atoms with Gasteiger partial charge in [0.15, 0.2) is 0 Å². The molecule has 0 spiro atoms. The fraction of sp³-hybridized carbons (Fsp3) is 0.167. The molecule has 0 fully saturated rings. The van der Waals surface area contributed by atoms with Gasteiger partial charge in [-0.2, -0.15) is 0 Å². The molecule has 0 atom stereocenters. The molecule has 1 aromatic heterocycles. The van der Waals surface area contributed by atoms with Gasteiger partial charge in [0.2, 0.25) is 0 Å². The zero-order chi connectivity index (χ0) is 10.7. The second-order valence-electron chi connectivity index (χ2n) is 3.31. The van der Waals surface area contributed by atoms with Crippen molar-refractivity contribution in [1.29, 1.82) is 0 Å². The Morgan fingerprint density at radius 1 is 1.36 bits per heavy atom. The van der Waals surface area contributed by atoms with Gasteiger partial charge in [-0.05, 0) is 0 Å². The molecule has 1 rings (SSSR count). The summed E-state index contributed by atoms with van der Waals surface area (Å²) >= 11 is 2.72. The Bertz CT molecular complexity index is 365. The Balaban J connectivity index is 3.25. The molecule has 14 heavy (non-hydrogen) atoms. The summed E-state index contributed by atoms with van der Waals surface area (Å²) < 4.78 is 2.22. The zero-order valence-electron chi connectivity index (χ0n) is 8.63. The van der Waals surface area contributed by atoms with E-state index in [2.05, 4.69) is 28.9 Å². The minimum absolute atomic E-state index is 0.920. The number of rotatable bonds is 3. The summed E-state index contributed by atoms with van der Waals surface area (Å²) in [4.78, 5) is 2.58. The quantitative estimate of drug-likeness (QED) is 0.682. The standard InChI is InChI=1S/C12H13S.Tl/c1-6-10-7-11(8(2)3)12(13-10)9(4)5;/h1,6-7H,2,4H2,3,5H3;. The number of hydrogen-bond donors (Lipinski definition) is 0. The van der Waals surface area contributed by atoms with Gasteiger partial charge in [-0.3, -0.25) is 0 Å². The van der Waals surface area contributed by atoms with E-state index in [0.717, 1.165) is 36.9 Å². The Morgan fingerprint density at radius 3 is 2.36 bits per heavy atom. The van der Waals surface area contributed by atoms with E-state index in [4.69, 9.17) is 0 Å². The predicted molar refractivity (Wildman–Crippen MR) is 68.5 cm³/mol. The fourth-order valence-electron chi connectivity index (χ4n) is 1.22. The van der Waals surface area contributed by atoms with Crippen LogP contribution in [0.1, 0.15) is 29.2 Å². The molecule has 0 saturated heterocycles. The van der Waals surface area contributed by atoms with Crippen molar-refractivity contribution in [1.82, 2.24) is 0 Å². The van der Waals surface area contributed by atoms with Crippen LogP contribution in [-0.4, -0.2) is 25.8 Å². The predicted octanol–water partition coefficient (Wildman–Crippen LogP) is 3.95. The van der Waals surface area contributed by atoms with E-state index in [-0.39, 0.29) is 0 Å². The first-order valence-corrected chi connectivity index (χ1v) is 7.81. The van der Waals surface area contributed by atoms with Gasteiger partial charge in [0.25, 0.3) is 0 Å². The molecule has 0 amide bonds. The summed E-state index contributed by atoms with van der Waals surface area (Å²) in [6.45, 7) is 12.1. The maximum absolute atomic E-state index is 4.00. The summed E-state index contributed by atoms with van der Waals surface area (Å²) in [6.07, 6.45) is 2.19.